The average molecular weight is 288 g/mol. The predicted octanol–water partition coefficient (Wildman–Crippen LogP) is 2.23. The standard InChI is InChI=1S/C17H24N2O2/c1-12-4-6-15(7-5-12)17(21)18-9-16(20)19-10-13(2)8-14(3)11-19/h4-7,13-14H,8-11H2,1-3H3,(H,18,21). The Hall–Kier alpha value is -1.84. The topological polar surface area (TPSA) is 49.4 Å². The highest BCUT2D eigenvalue weighted by atomic mass is 16.2. The Balaban J connectivity index is 1.86. The van der Waals surface area contributed by atoms with Crippen molar-refractivity contribution in [2.75, 3.05) is 19.6 Å². The Kier molecular flexibility index (Phi) is 4.99. The first-order valence-corrected chi connectivity index (χ1v) is 7.58. The lowest BCUT2D eigenvalue weighted by Gasteiger charge is -2.35. The van der Waals surface area contributed by atoms with Gasteiger partial charge in [0.25, 0.3) is 5.91 Å². The van der Waals surface area contributed by atoms with Gasteiger partial charge in [0.2, 0.25) is 5.91 Å². The summed E-state index contributed by atoms with van der Waals surface area (Å²) in [6, 6.07) is 7.34. The summed E-state index contributed by atoms with van der Waals surface area (Å²) in [6.07, 6.45) is 1.17. The number of hydrogen-bond acceptors (Lipinski definition) is 2. The Morgan fingerprint density at radius 1 is 1.14 bits per heavy atom. The molecule has 1 aliphatic rings. The molecule has 1 saturated heterocycles. The van der Waals surface area contributed by atoms with Crippen LogP contribution in [0.4, 0.5) is 0 Å². The fourth-order valence-electron chi connectivity index (χ4n) is 2.94. The van der Waals surface area contributed by atoms with E-state index >= 15 is 0 Å². The van der Waals surface area contributed by atoms with Crippen molar-refractivity contribution in [2.24, 2.45) is 11.8 Å². The summed E-state index contributed by atoms with van der Waals surface area (Å²) in [5.74, 6) is 0.881. The van der Waals surface area contributed by atoms with Gasteiger partial charge in [-0.2, -0.15) is 0 Å². The average Bonchev–Trinajstić information content (AvgIpc) is 2.44. The van der Waals surface area contributed by atoms with Crippen molar-refractivity contribution >= 4 is 11.8 Å². The van der Waals surface area contributed by atoms with Crippen molar-refractivity contribution in [1.29, 1.82) is 0 Å². The molecule has 1 aromatic rings. The molecule has 1 aliphatic heterocycles. The number of likely N-dealkylation sites (tertiary alicyclic amines) is 1. The Labute approximate surface area is 126 Å². The second kappa shape index (κ2) is 6.74. The van der Waals surface area contributed by atoms with Crippen LogP contribution in [0.5, 0.6) is 0 Å². The summed E-state index contributed by atoms with van der Waals surface area (Å²) in [6.45, 7) is 7.98. The fourth-order valence-corrected chi connectivity index (χ4v) is 2.94. The molecule has 1 aromatic carbocycles. The first-order valence-electron chi connectivity index (χ1n) is 7.58. The number of piperidine rings is 1. The highest BCUT2D eigenvalue weighted by Gasteiger charge is 2.25. The lowest BCUT2D eigenvalue weighted by molar-refractivity contribution is -0.132. The van der Waals surface area contributed by atoms with Gasteiger partial charge in [0.15, 0.2) is 0 Å². The lowest BCUT2D eigenvalue weighted by atomic mass is 9.92. The molecule has 0 bridgehead atoms. The van der Waals surface area contributed by atoms with E-state index in [4.69, 9.17) is 0 Å². The molecule has 1 fully saturated rings. The third-order valence-corrected chi connectivity index (χ3v) is 3.94. The molecule has 1 heterocycles. The maximum absolute atomic E-state index is 12.2. The van der Waals surface area contributed by atoms with Crippen molar-refractivity contribution in [3.05, 3.63) is 35.4 Å². The molecule has 114 valence electrons. The van der Waals surface area contributed by atoms with Gasteiger partial charge in [0, 0.05) is 18.7 Å². The van der Waals surface area contributed by atoms with Gasteiger partial charge in [-0.15, -0.1) is 0 Å². The zero-order valence-electron chi connectivity index (χ0n) is 13.1. The molecule has 0 aromatic heterocycles. The van der Waals surface area contributed by atoms with E-state index < -0.39 is 0 Å². The molecule has 4 nitrogen and oxygen atoms in total. The largest absolute Gasteiger partial charge is 0.343 e. The van der Waals surface area contributed by atoms with Crippen LogP contribution in [0.25, 0.3) is 0 Å². The zero-order valence-corrected chi connectivity index (χ0v) is 13.1. The van der Waals surface area contributed by atoms with E-state index in [1.807, 2.05) is 24.0 Å². The van der Waals surface area contributed by atoms with Crippen LogP contribution in [-0.4, -0.2) is 36.3 Å². The Morgan fingerprint density at radius 2 is 1.71 bits per heavy atom. The van der Waals surface area contributed by atoms with Gasteiger partial charge in [-0.3, -0.25) is 9.59 Å². The number of carbonyl (C=O) groups is 2. The Bertz CT molecular complexity index is 500. The molecule has 0 aliphatic carbocycles. The van der Waals surface area contributed by atoms with Crippen LogP contribution < -0.4 is 5.32 Å². The monoisotopic (exact) mass is 288 g/mol. The fraction of sp³-hybridized carbons (Fsp3) is 0.529. The van der Waals surface area contributed by atoms with Crippen LogP contribution >= 0.6 is 0 Å². The van der Waals surface area contributed by atoms with E-state index in [1.54, 1.807) is 12.1 Å². The van der Waals surface area contributed by atoms with Gasteiger partial charge < -0.3 is 10.2 Å². The summed E-state index contributed by atoms with van der Waals surface area (Å²) in [7, 11) is 0. The summed E-state index contributed by atoms with van der Waals surface area (Å²) in [5, 5.41) is 2.72. The predicted molar refractivity (Wildman–Crippen MR) is 83.0 cm³/mol. The molecule has 2 amide bonds. The smallest absolute Gasteiger partial charge is 0.251 e. The van der Waals surface area contributed by atoms with Crippen LogP contribution in [0.3, 0.4) is 0 Å². The number of aryl methyl sites for hydroxylation is 1. The number of nitrogens with one attached hydrogen (secondary N) is 1. The first kappa shape index (κ1) is 15.5. The molecule has 2 atom stereocenters. The van der Waals surface area contributed by atoms with Gasteiger partial charge >= 0.3 is 0 Å². The summed E-state index contributed by atoms with van der Waals surface area (Å²) in [4.78, 5) is 26.0. The van der Waals surface area contributed by atoms with Crippen molar-refractivity contribution in [1.82, 2.24) is 10.2 Å². The molecule has 0 spiro atoms. The second-order valence-corrected chi connectivity index (χ2v) is 6.29. The number of nitrogens with zero attached hydrogens (tertiary/aromatic N) is 1. The lowest BCUT2D eigenvalue weighted by Crippen LogP contribution is -2.46. The third-order valence-electron chi connectivity index (χ3n) is 3.94. The molecular weight excluding hydrogens is 264 g/mol. The van der Waals surface area contributed by atoms with Gasteiger partial charge in [0.1, 0.15) is 0 Å². The van der Waals surface area contributed by atoms with Crippen LogP contribution in [0.15, 0.2) is 24.3 Å². The van der Waals surface area contributed by atoms with Crippen molar-refractivity contribution in [2.45, 2.75) is 27.2 Å². The minimum atomic E-state index is -0.193. The summed E-state index contributed by atoms with van der Waals surface area (Å²) in [5.41, 5.74) is 1.70. The molecule has 0 radical (unpaired) electrons. The molecule has 2 rings (SSSR count). The number of benzene rings is 1. The highest BCUT2D eigenvalue weighted by Crippen LogP contribution is 2.20. The molecule has 0 saturated carbocycles. The summed E-state index contributed by atoms with van der Waals surface area (Å²) < 4.78 is 0. The SMILES string of the molecule is Cc1ccc(C(=O)NCC(=O)N2CC(C)CC(C)C2)cc1. The quantitative estimate of drug-likeness (QED) is 0.927. The third kappa shape index (κ3) is 4.31. The number of carbonyl (C=O) groups excluding carboxylic acids is 2. The van der Waals surface area contributed by atoms with Crippen molar-refractivity contribution in [3.8, 4) is 0 Å². The van der Waals surface area contributed by atoms with E-state index in [2.05, 4.69) is 19.2 Å². The van der Waals surface area contributed by atoms with Crippen LogP contribution in [0, 0.1) is 18.8 Å². The Morgan fingerprint density at radius 3 is 2.29 bits per heavy atom. The van der Waals surface area contributed by atoms with E-state index in [-0.39, 0.29) is 18.4 Å². The van der Waals surface area contributed by atoms with E-state index in [9.17, 15) is 9.59 Å². The minimum absolute atomic E-state index is 0.00821. The molecule has 4 heteroatoms. The van der Waals surface area contributed by atoms with E-state index in [1.165, 1.54) is 6.42 Å². The highest BCUT2D eigenvalue weighted by molar-refractivity contribution is 5.96. The molecule has 21 heavy (non-hydrogen) atoms. The molecular formula is C17H24N2O2. The number of hydrogen-bond donors (Lipinski definition) is 1. The normalized spacial score (nSPS) is 22.0. The second-order valence-electron chi connectivity index (χ2n) is 6.29. The van der Waals surface area contributed by atoms with Gasteiger partial charge in [-0.1, -0.05) is 31.5 Å². The van der Waals surface area contributed by atoms with Gasteiger partial charge in [-0.25, -0.2) is 0 Å². The summed E-state index contributed by atoms with van der Waals surface area (Å²) >= 11 is 0. The minimum Gasteiger partial charge on any atom is -0.343 e. The molecule has 1 N–H and O–H groups in total. The maximum Gasteiger partial charge on any atom is 0.251 e. The van der Waals surface area contributed by atoms with E-state index in [0.717, 1.165) is 18.7 Å². The maximum atomic E-state index is 12.2. The number of amides is 2. The van der Waals surface area contributed by atoms with E-state index in [0.29, 0.717) is 17.4 Å². The van der Waals surface area contributed by atoms with Crippen LogP contribution in [0.1, 0.15) is 36.2 Å². The zero-order chi connectivity index (χ0) is 15.4. The van der Waals surface area contributed by atoms with Crippen molar-refractivity contribution < 1.29 is 9.59 Å². The van der Waals surface area contributed by atoms with Crippen LogP contribution in [-0.2, 0) is 4.79 Å². The van der Waals surface area contributed by atoms with Crippen molar-refractivity contribution in [3.63, 3.8) is 0 Å². The van der Waals surface area contributed by atoms with Gasteiger partial charge in [0.05, 0.1) is 6.54 Å². The molecule has 2 unspecified atom stereocenters. The first-order chi connectivity index (χ1) is 9.95. The number of rotatable bonds is 3. The van der Waals surface area contributed by atoms with Crippen LogP contribution in [0.2, 0.25) is 0 Å². The van der Waals surface area contributed by atoms with Gasteiger partial charge in [-0.05, 0) is 37.3 Å².